The van der Waals surface area contributed by atoms with Crippen LogP contribution >= 0.6 is 0 Å². The maximum atomic E-state index is 14.5. The minimum Gasteiger partial charge on any atom is -0.429 e. The zero-order chi connectivity index (χ0) is 23.1. The summed E-state index contributed by atoms with van der Waals surface area (Å²) >= 11 is 0. The van der Waals surface area contributed by atoms with E-state index in [9.17, 15) is 17.6 Å². The van der Waals surface area contributed by atoms with E-state index in [0.717, 1.165) is 24.3 Å². The molecule has 1 saturated carbocycles. The van der Waals surface area contributed by atoms with Gasteiger partial charge in [0.1, 0.15) is 29.0 Å². The highest BCUT2D eigenvalue weighted by Crippen LogP contribution is 2.35. The highest BCUT2D eigenvalue weighted by Gasteiger charge is 2.35. The van der Waals surface area contributed by atoms with Gasteiger partial charge in [-0.1, -0.05) is 64.0 Å². The molecule has 32 heavy (non-hydrogen) atoms. The fourth-order valence-electron chi connectivity index (χ4n) is 4.46. The number of hydrogen-bond donors (Lipinski definition) is 0. The Labute approximate surface area is 187 Å². The standard InChI is InChI=1S/C26H29F4NO/c1-2-3-4-18-5-7-19(8-6-18)9-10-20-11-13-21(14-12-20)26(29,30)32-22-15-24(27)23(17-31)25(28)16-22/h11-16,18-19H,2-10H2,1H3/t18-,19-. The van der Waals surface area contributed by atoms with Gasteiger partial charge in [0.25, 0.3) is 0 Å². The van der Waals surface area contributed by atoms with Gasteiger partial charge in [-0.25, -0.2) is 8.78 Å². The van der Waals surface area contributed by atoms with Gasteiger partial charge in [0, 0.05) is 12.1 Å². The van der Waals surface area contributed by atoms with Crippen LogP contribution in [0.25, 0.3) is 0 Å². The number of ether oxygens (including phenoxy) is 1. The minimum absolute atomic E-state index is 0.400. The first kappa shape index (κ1) is 24.1. The van der Waals surface area contributed by atoms with Gasteiger partial charge in [-0.3, -0.25) is 0 Å². The van der Waals surface area contributed by atoms with Crippen molar-refractivity contribution in [3.63, 3.8) is 0 Å². The SMILES string of the molecule is CCCC[C@H]1CC[C@H](CCc2ccc(C(F)(F)Oc3cc(F)c(C#N)c(F)c3)cc2)CC1. The Morgan fingerprint density at radius 2 is 1.53 bits per heavy atom. The van der Waals surface area contributed by atoms with Gasteiger partial charge in [0.15, 0.2) is 0 Å². The van der Waals surface area contributed by atoms with Gasteiger partial charge < -0.3 is 4.74 Å². The third kappa shape index (κ3) is 6.25. The third-order valence-corrected chi connectivity index (χ3v) is 6.44. The molecule has 0 amide bonds. The summed E-state index contributed by atoms with van der Waals surface area (Å²) in [6.07, 6.45) is 7.11. The Hall–Kier alpha value is -2.55. The maximum absolute atomic E-state index is 14.5. The molecule has 3 rings (SSSR count). The Morgan fingerprint density at radius 1 is 0.969 bits per heavy atom. The zero-order valence-electron chi connectivity index (χ0n) is 18.4. The van der Waals surface area contributed by atoms with Crippen molar-refractivity contribution >= 4 is 0 Å². The lowest BCUT2D eigenvalue weighted by molar-refractivity contribution is -0.185. The Balaban J connectivity index is 1.54. The van der Waals surface area contributed by atoms with Crippen molar-refractivity contribution in [1.82, 2.24) is 0 Å². The van der Waals surface area contributed by atoms with E-state index in [1.165, 1.54) is 63.1 Å². The average molecular weight is 448 g/mol. The number of halogens is 4. The Morgan fingerprint density at radius 3 is 2.06 bits per heavy atom. The molecule has 1 fully saturated rings. The lowest BCUT2D eigenvalue weighted by Gasteiger charge is -2.28. The second-order valence-electron chi connectivity index (χ2n) is 8.76. The number of aryl methyl sites for hydroxylation is 1. The van der Waals surface area contributed by atoms with Gasteiger partial charge in [-0.2, -0.15) is 14.0 Å². The average Bonchev–Trinajstić information content (AvgIpc) is 2.77. The summed E-state index contributed by atoms with van der Waals surface area (Å²) in [5, 5.41) is 8.68. The molecule has 1 aliphatic carbocycles. The fourth-order valence-corrected chi connectivity index (χ4v) is 4.46. The molecule has 0 saturated heterocycles. The van der Waals surface area contributed by atoms with Gasteiger partial charge in [-0.15, -0.1) is 0 Å². The molecule has 2 nitrogen and oxygen atoms in total. The topological polar surface area (TPSA) is 33.0 Å². The maximum Gasteiger partial charge on any atom is 0.426 e. The molecular formula is C26H29F4NO. The van der Waals surface area contributed by atoms with Crippen LogP contribution in [0.15, 0.2) is 36.4 Å². The van der Waals surface area contributed by atoms with Crippen LogP contribution in [0, 0.1) is 34.8 Å². The van der Waals surface area contributed by atoms with Gasteiger partial charge in [-0.05, 0) is 42.4 Å². The molecule has 0 bridgehead atoms. The normalized spacial score (nSPS) is 18.9. The van der Waals surface area contributed by atoms with E-state index in [1.54, 1.807) is 12.1 Å². The summed E-state index contributed by atoms with van der Waals surface area (Å²) in [7, 11) is 0. The van der Waals surface area contributed by atoms with E-state index in [4.69, 9.17) is 5.26 Å². The quantitative estimate of drug-likeness (QED) is 0.366. The lowest BCUT2D eigenvalue weighted by Crippen LogP contribution is -2.22. The molecule has 1 aliphatic rings. The predicted octanol–water partition coefficient (Wildman–Crippen LogP) is 7.89. The molecule has 0 aliphatic heterocycles. The minimum atomic E-state index is -3.76. The molecule has 2 aromatic rings. The Kier molecular flexibility index (Phi) is 8.17. The van der Waals surface area contributed by atoms with E-state index < -0.39 is 34.6 Å². The van der Waals surface area contributed by atoms with Crippen LogP contribution in [0.1, 0.15) is 75.0 Å². The van der Waals surface area contributed by atoms with Crippen molar-refractivity contribution in [2.45, 2.75) is 70.8 Å². The Bertz CT molecular complexity index is 905. The van der Waals surface area contributed by atoms with E-state index >= 15 is 0 Å². The molecule has 0 spiro atoms. The van der Waals surface area contributed by atoms with Crippen LogP contribution in [-0.4, -0.2) is 0 Å². The van der Waals surface area contributed by atoms with Crippen LogP contribution in [0.5, 0.6) is 5.75 Å². The monoisotopic (exact) mass is 447 g/mol. The number of nitriles is 1. The number of benzene rings is 2. The van der Waals surface area contributed by atoms with Gasteiger partial charge in [0.2, 0.25) is 0 Å². The largest absolute Gasteiger partial charge is 0.429 e. The molecule has 0 heterocycles. The lowest BCUT2D eigenvalue weighted by atomic mass is 9.78. The first-order valence-corrected chi connectivity index (χ1v) is 11.4. The third-order valence-electron chi connectivity index (χ3n) is 6.44. The van der Waals surface area contributed by atoms with Crippen LogP contribution in [0.4, 0.5) is 17.6 Å². The van der Waals surface area contributed by atoms with E-state index in [1.807, 2.05) is 0 Å². The summed E-state index contributed by atoms with van der Waals surface area (Å²) in [4.78, 5) is 0. The summed E-state index contributed by atoms with van der Waals surface area (Å²) in [5.74, 6) is -1.60. The number of rotatable bonds is 9. The predicted molar refractivity (Wildman–Crippen MR) is 115 cm³/mol. The number of nitrogens with zero attached hydrogens (tertiary/aromatic N) is 1. The first-order valence-electron chi connectivity index (χ1n) is 11.4. The van der Waals surface area contributed by atoms with Crippen LogP contribution in [-0.2, 0) is 12.5 Å². The zero-order valence-corrected chi connectivity index (χ0v) is 18.4. The number of hydrogen-bond acceptors (Lipinski definition) is 2. The molecule has 0 atom stereocenters. The van der Waals surface area contributed by atoms with Crippen molar-refractivity contribution < 1.29 is 22.3 Å². The van der Waals surface area contributed by atoms with Gasteiger partial charge >= 0.3 is 6.11 Å². The summed E-state index contributed by atoms with van der Waals surface area (Å²) < 4.78 is 60.9. The van der Waals surface area contributed by atoms with Crippen LogP contribution < -0.4 is 4.74 Å². The first-order chi connectivity index (χ1) is 15.3. The molecule has 0 N–H and O–H groups in total. The van der Waals surface area contributed by atoms with Crippen LogP contribution in [0.3, 0.4) is 0 Å². The highest BCUT2D eigenvalue weighted by atomic mass is 19.3. The van der Waals surface area contributed by atoms with Crippen molar-refractivity contribution in [1.29, 1.82) is 5.26 Å². The van der Waals surface area contributed by atoms with Crippen LogP contribution in [0.2, 0.25) is 0 Å². The summed E-state index contributed by atoms with van der Waals surface area (Å²) in [6.45, 7) is 2.23. The summed E-state index contributed by atoms with van der Waals surface area (Å²) in [6, 6.07) is 8.39. The van der Waals surface area contributed by atoms with Crippen molar-refractivity contribution in [3.05, 3.63) is 64.7 Å². The molecule has 0 aromatic heterocycles. The smallest absolute Gasteiger partial charge is 0.426 e. The number of alkyl halides is 2. The second-order valence-corrected chi connectivity index (χ2v) is 8.76. The van der Waals surface area contributed by atoms with E-state index in [2.05, 4.69) is 11.7 Å². The second kappa shape index (κ2) is 10.8. The molecule has 0 unspecified atom stereocenters. The molecule has 2 aromatic carbocycles. The van der Waals surface area contributed by atoms with Crippen molar-refractivity contribution in [2.24, 2.45) is 11.8 Å². The summed E-state index contributed by atoms with van der Waals surface area (Å²) in [5.41, 5.74) is -0.254. The molecular weight excluding hydrogens is 418 g/mol. The van der Waals surface area contributed by atoms with Gasteiger partial charge in [0.05, 0.1) is 5.56 Å². The highest BCUT2D eigenvalue weighted by molar-refractivity contribution is 5.38. The molecule has 172 valence electrons. The molecule has 6 heteroatoms. The van der Waals surface area contributed by atoms with Crippen molar-refractivity contribution in [2.75, 3.05) is 0 Å². The number of unbranched alkanes of at least 4 members (excludes halogenated alkanes) is 1. The van der Waals surface area contributed by atoms with E-state index in [0.29, 0.717) is 18.1 Å². The molecule has 0 radical (unpaired) electrons. The fraction of sp³-hybridized carbons (Fsp3) is 0.500. The van der Waals surface area contributed by atoms with Crippen molar-refractivity contribution in [3.8, 4) is 11.8 Å². The van der Waals surface area contributed by atoms with E-state index in [-0.39, 0.29) is 0 Å².